The van der Waals surface area contributed by atoms with Gasteiger partial charge in [-0.05, 0) is 49.3 Å². The molecule has 1 aromatic rings. The Hall–Kier alpha value is -1.84. The van der Waals surface area contributed by atoms with Crippen LogP contribution in [-0.2, 0) is 14.3 Å². The highest BCUT2D eigenvalue weighted by Crippen LogP contribution is 2.37. The molecular weight excluding hydrogens is 316 g/mol. The van der Waals surface area contributed by atoms with Crippen LogP contribution in [0.25, 0.3) is 0 Å². The number of hydrogen-bond donors (Lipinski definition) is 0. The van der Waals surface area contributed by atoms with Gasteiger partial charge in [-0.15, -0.1) is 0 Å². The van der Waals surface area contributed by atoms with Gasteiger partial charge in [-0.3, -0.25) is 0 Å². The summed E-state index contributed by atoms with van der Waals surface area (Å²) in [4.78, 5) is 24.0. The van der Waals surface area contributed by atoms with Crippen LogP contribution in [0.1, 0.15) is 83.1 Å². The summed E-state index contributed by atoms with van der Waals surface area (Å²) in [5.41, 5.74) is 1.14. The van der Waals surface area contributed by atoms with Gasteiger partial charge in [0.1, 0.15) is 5.60 Å². The van der Waals surface area contributed by atoms with Crippen molar-refractivity contribution in [1.29, 1.82) is 0 Å². The Morgan fingerprint density at radius 1 is 1.08 bits per heavy atom. The molecule has 4 heteroatoms. The summed E-state index contributed by atoms with van der Waals surface area (Å²) in [5, 5.41) is 0. The van der Waals surface area contributed by atoms with Crippen molar-refractivity contribution >= 4 is 11.9 Å². The summed E-state index contributed by atoms with van der Waals surface area (Å²) >= 11 is 0. The zero-order valence-corrected chi connectivity index (χ0v) is 16.6. The second kappa shape index (κ2) is 8.50. The maximum atomic E-state index is 12.2. The Morgan fingerprint density at radius 2 is 1.72 bits per heavy atom. The maximum absolute atomic E-state index is 12.2. The number of benzene rings is 1. The summed E-state index contributed by atoms with van der Waals surface area (Å²) in [6.45, 7) is 14.0. The Bertz CT molecular complexity index is 602. The minimum absolute atomic E-state index is 0.137. The summed E-state index contributed by atoms with van der Waals surface area (Å²) in [5.74, 6) is -0.730. The van der Waals surface area contributed by atoms with E-state index in [1.165, 1.54) is 0 Å². The molecule has 0 saturated carbocycles. The van der Waals surface area contributed by atoms with Gasteiger partial charge in [0.05, 0.1) is 5.56 Å². The first-order valence-corrected chi connectivity index (χ1v) is 9.01. The van der Waals surface area contributed by atoms with E-state index < -0.39 is 17.5 Å². The minimum atomic E-state index is -0.551. The summed E-state index contributed by atoms with van der Waals surface area (Å²) in [6, 6.07) is 7.44. The topological polar surface area (TPSA) is 52.6 Å². The molecule has 0 aliphatic heterocycles. The van der Waals surface area contributed by atoms with Crippen molar-refractivity contribution in [2.24, 2.45) is 5.41 Å². The van der Waals surface area contributed by atoms with Gasteiger partial charge in [-0.25, -0.2) is 9.59 Å². The molecule has 25 heavy (non-hydrogen) atoms. The van der Waals surface area contributed by atoms with Gasteiger partial charge in [0.25, 0.3) is 0 Å². The molecular formula is C21H32O4. The smallest absolute Gasteiger partial charge is 0.344 e. The average molecular weight is 348 g/mol. The Balaban J connectivity index is 2.74. The van der Waals surface area contributed by atoms with E-state index in [2.05, 4.69) is 27.7 Å². The second-order valence-corrected chi connectivity index (χ2v) is 7.85. The molecule has 0 radical (unpaired) electrons. The van der Waals surface area contributed by atoms with Crippen molar-refractivity contribution in [3.63, 3.8) is 0 Å². The van der Waals surface area contributed by atoms with E-state index in [9.17, 15) is 9.59 Å². The standard InChI is InChI=1S/C21H32O4/c1-8-20(4,5)15(3)16-11-10-12-17(13-16)19(23)24-14-18(22)25-21(6,7)9-2/h10-13,15H,8-9,14H2,1-7H3. The van der Waals surface area contributed by atoms with Crippen molar-refractivity contribution < 1.29 is 19.1 Å². The van der Waals surface area contributed by atoms with E-state index in [0.717, 1.165) is 12.0 Å². The lowest BCUT2D eigenvalue weighted by molar-refractivity contribution is -0.160. The first kappa shape index (κ1) is 21.2. The van der Waals surface area contributed by atoms with Crippen molar-refractivity contribution in [2.45, 2.75) is 72.8 Å². The van der Waals surface area contributed by atoms with E-state index in [1.54, 1.807) is 6.07 Å². The molecule has 0 amide bonds. The fourth-order valence-electron chi connectivity index (χ4n) is 2.31. The van der Waals surface area contributed by atoms with E-state index in [4.69, 9.17) is 9.47 Å². The van der Waals surface area contributed by atoms with Crippen LogP contribution in [0.15, 0.2) is 24.3 Å². The van der Waals surface area contributed by atoms with E-state index >= 15 is 0 Å². The van der Waals surface area contributed by atoms with Crippen LogP contribution in [0.5, 0.6) is 0 Å². The zero-order chi connectivity index (χ0) is 19.3. The molecule has 0 bridgehead atoms. The average Bonchev–Trinajstić information content (AvgIpc) is 2.58. The molecule has 4 nitrogen and oxygen atoms in total. The van der Waals surface area contributed by atoms with Crippen LogP contribution < -0.4 is 0 Å². The number of ether oxygens (including phenoxy) is 2. The Morgan fingerprint density at radius 3 is 2.28 bits per heavy atom. The van der Waals surface area contributed by atoms with Gasteiger partial charge in [0, 0.05) is 0 Å². The van der Waals surface area contributed by atoms with Gasteiger partial charge >= 0.3 is 11.9 Å². The molecule has 0 fully saturated rings. The monoisotopic (exact) mass is 348 g/mol. The number of esters is 2. The summed E-state index contributed by atoms with van der Waals surface area (Å²) in [7, 11) is 0. The fraction of sp³-hybridized carbons (Fsp3) is 0.619. The number of hydrogen-bond acceptors (Lipinski definition) is 4. The van der Waals surface area contributed by atoms with Crippen LogP contribution in [0.4, 0.5) is 0 Å². The van der Waals surface area contributed by atoms with Crippen molar-refractivity contribution in [1.82, 2.24) is 0 Å². The van der Waals surface area contributed by atoms with Crippen LogP contribution in [0.2, 0.25) is 0 Å². The molecule has 0 heterocycles. The molecule has 0 aromatic heterocycles. The van der Waals surface area contributed by atoms with Crippen LogP contribution in [0.3, 0.4) is 0 Å². The molecule has 0 saturated heterocycles. The molecule has 1 aromatic carbocycles. The van der Waals surface area contributed by atoms with Crippen molar-refractivity contribution in [2.75, 3.05) is 6.61 Å². The predicted octanol–water partition coefficient (Wildman–Crippen LogP) is 5.11. The molecule has 1 rings (SSSR count). The third-order valence-electron chi connectivity index (χ3n) is 5.27. The first-order chi connectivity index (χ1) is 11.5. The molecule has 0 spiro atoms. The van der Waals surface area contributed by atoms with Gasteiger partial charge < -0.3 is 9.47 Å². The Kier molecular flexibility index (Phi) is 7.21. The van der Waals surface area contributed by atoms with Crippen molar-refractivity contribution in [3.05, 3.63) is 35.4 Å². The van der Waals surface area contributed by atoms with Crippen LogP contribution >= 0.6 is 0 Å². The summed E-state index contributed by atoms with van der Waals surface area (Å²) in [6.07, 6.45) is 1.74. The molecule has 0 N–H and O–H groups in total. The molecule has 0 aliphatic carbocycles. The highest BCUT2D eigenvalue weighted by Gasteiger charge is 2.26. The number of carbonyl (C=O) groups excluding carboxylic acids is 2. The molecule has 1 unspecified atom stereocenters. The fourth-order valence-corrected chi connectivity index (χ4v) is 2.31. The van der Waals surface area contributed by atoms with Crippen LogP contribution in [-0.4, -0.2) is 24.1 Å². The summed E-state index contributed by atoms with van der Waals surface area (Å²) < 4.78 is 10.4. The zero-order valence-electron chi connectivity index (χ0n) is 16.6. The lowest BCUT2D eigenvalue weighted by atomic mass is 9.74. The van der Waals surface area contributed by atoms with Gasteiger partial charge in [0.15, 0.2) is 6.61 Å². The third-order valence-corrected chi connectivity index (χ3v) is 5.27. The number of rotatable bonds is 8. The first-order valence-electron chi connectivity index (χ1n) is 9.01. The third kappa shape index (κ3) is 6.18. The Labute approximate surface area is 151 Å². The van der Waals surface area contributed by atoms with Crippen molar-refractivity contribution in [3.8, 4) is 0 Å². The molecule has 140 valence electrons. The van der Waals surface area contributed by atoms with E-state index in [-0.39, 0.29) is 12.0 Å². The lowest BCUT2D eigenvalue weighted by Crippen LogP contribution is -2.29. The van der Waals surface area contributed by atoms with Gasteiger partial charge in [-0.2, -0.15) is 0 Å². The van der Waals surface area contributed by atoms with E-state index in [0.29, 0.717) is 17.9 Å². The van der Waals surface area contributed by atoms with Crippen LogP contribution in [0, 0.1) is 5.41 Å². The molecule has 0 aliphatic rings. The lowest BCUT2D eigenvalue weighted by Gasteiger charge is -2.31. The number of carbonyl (C=O) groups is 2. The van der Waals surface area contributed by atoms with Gasteiger partial charge in [-0.1, -0.05) is 53.2 Å². The highest BCUT2D eigenvalue weighted by molar-refractivity contribution is 5.91. The molecule has 1 atom stereocenters. The normalized spacial score (nSPS) is 13.2. The second-order valence-electron chi connectivity index (χ2n) is 7.85. The van der Waals surface area contributed by atoms with Gasteiger partial charge in [0.2, 0.25) is 0 Å². The highest BCUT2D eigenvalue weighted by atomic mass is 16.6. The predicted molar refractivity (Wildman–Crippen MR) is 99.7 cm³/mol. The SMILES string of the molecule is CCC(C)(C)OC(=O)COC(=O)c1cccc(C(C)C(C)(C)CC)c1. The quantitative estimate of drug-likeness (QED) is 0.612. The minimum Gasteiger partial charge on any atom is -0.457 e. The largest absolute Gasteiger partial charge is 0.457 e. The maximum Gasteiger partial charge on any atom is 0.344 e. The van der Waals surface area contributed by atoms with E-state index in [1.807, 2.05) is 39.0 Å².